The number of hydrogen-bond acceptors (Lipinski definition) is 8. The third-order valence-corrected chi connectivity index (χ3v) is 5.42. The van der Waals surface area contributed by atoms with Gasteiger partial charge in [0.1, 0.15) is 42.7 Å². The molecule has 0 saturated heterocycles. The third-order valence-electron chi connectivity index (χ3n) is 5.42. The van der Waals surface area contributed by atoms with Crippen LogP contribution in [0.15, 0.2) is 53.1 Å². The van der Waals surface area contributed by atoms with Crippen molar-refractivity contribution in [2.24, 2.45) is 0 Å². The molecule has 1 aromatic heterocycles. The predicted molar refractivity (Wildman–Crippen MR) is 124 cm³/mol. The zero-order valence-corrected chi connectivity index (χ0v) is 19.4. The number of benzene rings is 2. The molecule has 1 aliphatic rings. The first kappa shape index (κ1) is 23.8. The molecule has 3 aromatic rings. The van der Waals surface area contributed by atoms with E-state index in [1.165, 1.54) is 30.0 Å². The fourth-order valence-electron chi connectivity index (χ4n) is 3.81. The molecule has 2 aromatic carbocycles. The maximum atomic E-state index is 13.5. The Bertz CT molecular complexity index is 1250. The normalized spacial score (nSPS) is 13.3. The number of aryl methyl sites for hydroxylation is 1. The van der Waals surface area contributed by atoms with Crippen molar-refractivity contribution in [2.75, 3.05) is 24.7 Å². The summed E-state index contributed by atoms with van der Waals surface area (Å²) in [5.74, 6) is -0.529. The van der Waals surface area contributed by atoms with Gasteiger partial charge in [0.2, 0.25) is 5.91 Å². The van der Waals surface area contributed by atoms with Crippen molar-refractivity contribution in [3.63, 3.8) is 0 Å². The van der Waals surface area contributed by atoms with Crippen molar-refractivity contribution >= 4 is 23.5 Å². The molecule has 0 spiro atoms. The number of hydrogen-bond donors (Lipinski definition) is 1. The molecule has 2 amide bonds. The smallest absolute Gasteiger partial charge is 0.302 e. The molecular formula is C25H25N3O7. The summed E-state index contributed by atoms with van der Waals surface area (Å²) in [4.78, 5) is 40.4. The summed E-state index contributed by atoms with van der Waals surface area (Å²) in [6.45, 7) is 3.58. The van der Waals surface area contributed by atoms with Gasteiger partial charge in [0.15, 0.2) is 0 Å². The number of rotatable bonds is 7. The largest absolute Gasteiger partial charge is 0.507 e. The highest BCUT2D eigenvalue weighted by Crippen LogP contribution is 2.31. The second-order valence-electron chi connectivity index (χ2n) is 8.07. The van der Waals surface area contributed by atoms with E-state index in [2.05, 4.69) is 5.16 Å². The van der Waals surface area contributed by atoms with E-state index in [0.717, 1.165) is 5.56 Å². The van der Waals surface area contributed by atoms with Gasteiger partial charge < -0.3 is 24.0 Å². The van der Waals surface area contributed by atoms with Gasteiger partial charge in [-0.05, 0) is 30.7 Å². The van der Waals surface area contributed by atoms with Gasteiger partial charge in [-0.25, -0.2) is 0 Å². The fourth-order valence-corrected chi connectivity index (χ4v) is 3.81. The van der Waals surface area contributed by atoms with Crippen LogP contribution in [-0.2, 0) is 27.4 Å². The molecule has 10 heteroatoms. The number of para-hydroxylation sites is 1. The van der Waals surface area contributed by atoms with Gasteiger partial charge in [0.05, 0.1) is 12.1 Å². The van der Waals surface area contributed by atoms with E-state index in [1.807, 2.05) is 12.1 Å². The molecule has 0 fully saturated rings. The quantitative estimate of drug-likeness (QED) is 0.405. The van der Waals surface area contributed by atoms with E-state index in [1.54, 1.807) is 30.0 Å². The average Bonchev–Trinajstić information content (AvgIpc) is 3.18. The second kappa shape index (κ2) is 10.3. The molecular weight excluding hydrogens is 454 g/mol. The average molecular weight is 479 g/mol. The van der Waals surface area contributed by atoms with Crippen LogP contribution in [-0.4, -0.2) is 52.7 Å². The lowest BCUT2D eigenvalue weighted by Gasteiger charge is -2.23. The number of esters is 1. The van der Waals surface area contributed by atoms with Gasteiger partial charge in [-0.3, -0.25) is 19.3 Å². The van der Waals surface area contributed by atoms with Crippen LogP contribution < -0.4 is 9.64 Å². The number of anilines is 1. The number of aromatic hydroxyl groups is 1. The number of carbonyl (C=O) groups is 3. The monoisotopic (exact) mass is 479 g/mol. The van der Waals surface area contributed by atoms with Crippen LogP contribution in [0.3, 0.4) is 0 Å². The second-order valence-corrected chi connectivity index (χ2v) is 8.07. The first-order chi connectivity index (χ1) is 16.8. The van der Waals surface area contributed by atoms with Gasteiger partial charge in [0.25, 0.3) is 5.91 Å². The lowest BCUT2D eigenvalue weighted by molar-refractivity contribution is -0.141. The number of nitrogens with zero attached hydrogens (tertiary/aromatic N) is 3. The van der Waals surface area contributed by atoms with Crippen molar-refractivity contribution in [2.45, 2.75) is 26.9 Å². The van der Waals surface area contributed by atoms with Crippen molar-refractivity contribution in [1.29, 1.82) is 0 Å². The molecule has 2 heterocycles. The predicted octanol–water partition coefficient (Wildman–Crippen LogP) is 2.82. The summed E-state index contributed by atoms with van der Waals surface area (Å²) < 4.78 is 15.4. The van der Waals surface area contributed by atoms with Crippen LogP contribution >= 0.6 is 0 Å². The number of fused-ring (bicyclic) bond motifs is 1. The Hall–Kier alpha value is -4.34. The molecule has 182 valence electrons. The molecule has 0 unspecified atom stereocenters. The summed E-state index contributed by atoms with van der Waals surface area (Å²) in [5, 5.41) is 14.5. The van der Waals surface area contributed by atoms with Gasteiger partial charge in [-0.15, -0.1) is 0 Å². The number of aromatic nitrogens is 1. The molecule has 35 heavy (non-hydrogen) atoms. The maximum absolute atomic E-state index is 13.5. The summed E-state index contributed by atoms with van der Waals surface area (Å²) in [5.41, 5.74) is 2.03. The first-order valence-corrected chi connectivity index (χ1v) is 11.0. The number of phenols is 1. The Labute approximate surface area is 201 Å². The fraction of sp³-hybridized carbons (Fsp3) is 0.280. The molecule has 1 N–H and O–H groups in total. The van der Waals surface area contributed by atoms with Crippen molar-refractivity contribution in [3.05, 3.63) is 71.1 Å². The van der Waals surface area contributed by atoms with Gasteiger partial charge in [-0.1, -0.05) is 23.4 Å². The number of ether oxygens (including phenoxy) is 2. The summed E-state index contributed by atoms with van der Waals surface area (Å²) >= 11 is 0. The standard InChI is InChI=1S/C25H25N3O7/c1-16-11-19(26-35-16)14-27-13-18-5-3-4-6-22(18)28(15-24(27)31)25(32)21-8-7-20(12-23(21)30)34-10-9-33-17(2)29/h3-8,11-12,30H,9-10,13-15H2,1-2H3. The van der Waals surface area contributed by atoms with E-state index in [4.69, 9.17) is 14.0 Å². The minimum atomic E-state index is -0.520. The van der Waals surface area contributed by atoms with Crippen LogP contribution in [0.5, 0.6) is 11.5 Å². The summed E-state index contributed by atoms with van der Waals surface area (Å²) in [6.07, 6.45) is 0. The van der Waals surface area contributed by atoms with E-state index in [9.17, 15) is 19.5 Å². The number of amides is 2. The molecule has 0 saturated carbocycles. The van der Waals surface area contributed by atoms with Gasteiger partial charge >= 0.3 is 5.97 Å². The molecule has 10 nitrogen and oxygen atoms in total. The number of carbonyl (C=O) groups excluding carboxylic acids is 3. The summed E-state index contributed by atoms with van der Waals surface area (Å²) in [7, 11) is 0. The topological polar surface area (TPSA) is 122 Å². The van der Waals surface area contributed by atoms with E-state index >= 15 is 0 Å². The Morgan fingerprint density at radius 2 is 1.91 bits per heavy atom. The zero-order valence-electron chi connectivity index (χ0n) is 19.4. The van der Waals surface area contributed by atoms with Crippen molar-refractivity contribution in [1.82, 2.24) is 10.1 Å². The van der Waals surface area contributed by atoms with Crippen LogP contribution in [0.25, 0.3) is 0 Å². The van der Waals surface area contributed by atoms with E-state index in [0.29, 0.717) is 29.4 Å². The van der Waals surface area contributed by atoms with Crippen LogP contribution in [0.1, 0.15) is 34.3 Å². The Morgan fingerprint density at radius 3 is 2.63 bits per heavy atom. The molecule has 4 rings (SSSR count). The highest BCUT2D eigenvalue weighted by molar-refractivity contribution is 6.11. The number of phenolic OH excluding ortho intramolecular Hbond substituents is 1. The first-order valence-electron chi connectivity index (χ1n) is 11.0. The minimum Gasteiger partial charge on any atom is -0.507 e. The van der Waals surface area contributed by atoms with E-state index in [-0.39, 0.29) is 43.5 Å². The maximum Gasteiger partial charge on any atom is 0.302 e. The molecule has 0 bridgehead atoms. The lowest BCUT2D eigenvalue weighted by atomic mass is 10.1. The Balaban J connectivity index is 1.54. The highest BCUT2D eigenvalue weighted by Gasteiger charge is 2.31. The molecule has 1 aliphatic heterocycles. The SMILES string of the molecule is CC(=O)OCCOc1ccc(C(=O)N2CC(=O)N(Cc3cc(C)on3)Cc3ccccc32)c(O)c1. The van der Waals surface area contributed by atoms with Gasteiger partial charge in [0, 0.05) is 31.3 Å². The minimum absolute atomic E-state index is 0.0283. The van der Waals surface area contributed by atoms with Crippen molar-refractivity contribution in [3.8, 4) is 11.5 Å². The zero-order chi connectivity index (χ0) is 24.9. The highest BCUT2D eigenvalue weighted by atomic mass is 16.6. The van der Waals surface area contributed by atoms with Crippen LogP contribution in [0.2, 0.25) is 0 Å². The summed E-state index contributed by atoms with van der Waals surface area (Å²) in [6, 6.07) is 13.3. The molecule has 0 radical (unpaired) electrons. The lowest BCUT2D eigenvalue weighted by Crippen LogP contribution is -2.40. The van der Waals surface area contributed by atoms with Crippen LogP contribution in [0, 0.1) is 6.92 Å². The van der Waals surface area contributed by atoms with Gasteiger partial charge in [-0.2, -0.15) is 0 Å². The van der Waals surface area contributed by atoms with Crippen molar-refractivity contribution < 1.29 is 33.5 Å². The Kier molecular flexibility index (Phi) is 7.00. The van der Waals surface area contributed by atoms with E-state index < -0.39 is 11.9 Å². The molecule has 0 aliphatic carbocycles. The van der Waals surface area contributed by atoms with Crippen LogP contribution in [0.4, 0.5) is 5.69 Å². The Morgan fingerprint density at radius 1 is 1.11 bits per heavy atom. The third kappa shape index (κ3) is 5.60. The molecule has 0 atom stereocenters.